The number of aromatic nitrogens is 1. The van der Waals surface area contributed by atoms with Gasteiger partial charge in [-0.3, -0.25) is 4.79 Å². The van der Waals surface area contributed by atoms with Crippen LogP contribution in [0.1, 0.15) is 19.8 Å². The second-order valence-electron chi connectivity index (χ2n) is 4.40. The van der Waals surface area contributed by atoms with E-state index in [4.69, 9.17) is 5.73 Å². The number of likely N-dealkylation sites (tertiary alicyclic amines) is 1. The van der Waals surface area contributed by atoms with E-state index in [-0.39, 0.29) is 5.91 Å². The zero-order valence-corrected chi connectivity index (χ0v) is 10.0. The van der Waals surface area contributed by atoms with Gasteiger partial charge in [-0.15, -0.1) is 0 Å². The van der Waals surface area contributed by atoms with Crippen molar-refractivity contribution in [2.75, 3.05) is 24.1 Å². The van der Waals surface area contributed by atoms with E-state index in [1.165, 1.54) is 0 Å². The first-order chi connectivity index (χ1) is 8.15. The number of nitrogen functional groups attached to an aromatic ring is 1. The van der Waals surface area contributed by atoms with Gasteiger partial charge in [0.1, 0.15) is 5.82 Å². The van der Waals surface area contributed by atoms with Crippen LogP contribution < -0.4 is 11.1 Å². The summed E-state index contributed by atoms with van der Waals surface area (Å²) >= 11 is 0. The molecule has 5 nitrogen and oxygen atoms in total. The Hall–Kier alpha value is -1.78. The van der Waals surface area contributed by atoms with Crippen molar-refractivity contribution in [3.63, 3.8) is 0 Å². The summed E-state index contributed by atoms with van der Waals surface area (Å²) < 4.78 is 0. The van der Waals surface area contributed by atoms with Crippen LogP contribution in [0.15, 0.2) is 18.3 Å². The third-order valence-corrected chi connectivity index (χ3v) is 3.08. The van der Waals surface area contributed by atoms with Gasteiger partial charge < -0.3 is 16.0 Å². The van der Waals surface area contributed by atoms with E-state index in [9.17, 15) is 4.79 Å². The third-order valence-electron chi connectivity index (χ3n) is 3.08. The quantitative estimate of drug-likeness (QED) is 0.803. The fraction of sp³-hybridized carbons (Fsp3) is 0.500. The molecule has 0 bridgehead atoms. The predicted molar refractivity (Wildman–Crippen MR) is 67.5 cm³/mol. The van der Waals surface area contributed by atoms with E-state index in [1.807, 2.05) is 17.0 Å². The maximum Gasteiger partial charge on any atom is 0.219 e. The zero-order chi connectivity index (χ0) is 12.3. The van der Waals surface area contributed by atoms with Crippen molar-refractivity contribution in [1.29, 1.82) is 0 Å². The monoisotopic (exact) mass is 234 g/mol. The highest BCUT2D eigenvalue weighted by Crippen LogP contribution is 2.15. The van der Waals surface area contributed by atoms with Gasteiger partial charge >= 0.3 is 0 Å². The van der Waals surface area contributed by atoms with Crippen LogP contribution in [0.3, 0.4) is 0 Å². The Kier molecular flexibility index (Phi) is 3.46. The highest BCUT2D eigenvalue weighted by Gasteiger charge is 2.20. The number of nitrogens with zero attached hydrogens (tertiary/aromatic N) is 2. The molecule has 3 N–H and O–H groups in total. The topological polar surface area (TPSA) is 71.2 Å². The lowest BCUT2D eigenvalue weighted by molar-refractivity contribution is -0.129. The largest absolute Gasteiger partial charge is 0.397 e. The highest BCUT2D eigenvalue weighted by atomic mass is 16.2. The molecule has 1 aliphatic heterocycles. The highest BCUT2D eigenvalue weighted by molar-refractivity contribution is 5.73. The van der Waals surface area contributed by atoms with Gasteiger partial charge in [-0.1, -0.05) is 0 Å². The maximum atomic E-state index is 11.2. The van der Waals surface area contributed by atoms with Crippen molar-refractivity contribution in [3.8, 4) is 0 Å². The number of anilines is 2. The number of carbonyl (C=O) groups excluding carboxylic acids is 1. The molecule has 92 valence electrons. The average molecular weight is 234 g/mol. The molecule has 1 aromatic heterocycles. The van der Waals surface area contributed by atoms with Gasteiger partial charge in [-0.25, -0.2) is 4.98 Å². The molecule has 1 amide bonds. The molecule has 0 atom stereocenters. The lowest BCUT2D eigenvalue weighted by Crippen LogP contribution is -2.41. The number of rotatable bonds is 2. The summed E-state index contributed by atoms with van der Waals surface area (Å²) in [6.45, 7) is 3.26. The average Bonchev–Trinajstić information content (AvgIpc) is 2.33. The first kappa shape index (κ1) is 11.7. The lowest BCUT2D eigenvalue weighted by Gasteiger charge is -2.31. The standard InChI is InChI=1S/C12H18N4O/c1-9(17)16-6-4-11(5-7-16)15-12-3-2-10(13)8-14-12/h2-3,8,11H,4-7,13H2,1H3,(H,14,15). The van der Waals surface area contributed by atoms with E-state index in [0.717, 1.165) is 31.7 Å². The first-order valence-corrected chi connectivity index (χ1v) is 5.89. The molecule has 2 heterocycles. The van der Waals surface area contributed by atoms with Crippen molar-refractivity contribution in [2.24, 2.45) is 0 Å². The molecule has 1 saturated heterocycles. The van der Waals surface area contributed by atoms with Crippen LogP contribution in [0.4, 0.5) is 11.5 Å². The van der Waals surface area contributed by atoms with Crippen molar-refractivity contribution >= 4 is 17.4 Å². The van der Waals surface area contributed by atoms with Crippen molar-refractivity contribution in [2.45, 2.75) is 25.8 Å². The van der Waals surface area contributed by atoms with E-state index in [1.54, 1.807) is 13.1 Å². The molecular formula is C12H18N4O. The van der Waals surface area contributed by atoms with E-state index < -0.39 is 0 Å². The van der Waals surface area contributed by atoms with Crippen molar-refractivity contribution in [3.05, 3.63) is 18.3 Å². The number of pyridine rings is 1. The molecule has 0 radical (unpaired) electrons. The van der Waals surface area contributed by atoms with Crippen LogP contribution in [-0.4, -0.2) is 34.9 Å². The molecule has 0 spiro atoms. The molecule has 1 fully saturated rings. The molecule has 1 aliphatic rings. The fourth-order valence-corrected chi connectivity index (χ4v) is 2.04. The van der Waals surface area contributed by atoms with Gasteiger partial charge in [0.2, 0.25) is 5.91 Å². The molecule has 17 heavy (non-hydrogen) atoms. The molecule has 0 saturated carbocycles. The van der Waals surface area contributed by atoms with Crippen LogP contribution >= 0.6 is 0 Å². The summed E-state index contributed by atoms with van der Waals surface area (Å²) in [5.41, 5.74) is 6.25. The Bertz CT molecular complexity index is 382. The lowest BCUT2D eigenvalue weighted by atomic mass is 10.1. The summed E-state index contributed by atoms with van der Waals surface area (Å²) in [5.74, 6) is 1.01. The molecule has 2 rings (SSSR count). The van der Waals surface area contributed by atoms with E-state index >= 15 is 0 Å². The summed E-state index contributed by atoms with van der Waals surface area (Å²) in [7, 11) is 0. The molecular weight excluding hydrogens is 216 g/mol. The number of hydrogen-bond donors (Lipinski definition) is 2. The number of carbonyl (C=O) groups is 1. The van der Waals surface area contributed by atoms with Gasteiger partial charge in [-0.2, -0.15) is 0 Å². The normalized spacial score (nSPS) is 16.9. The van der Waals surface area contributed by atoms with Gasteiger partial charge in [0.05, 0.1) is 11.9 Å². The Morgan fingerprint density at radius 2 is 2.18 bits per heavy atom. The van der Waals surface area contributed by atoms with E-state index in [2.05, 4.69) is 10.3 Å². The van der Waals surface area contributed by atoms with Crippen LogP contribution in [-0.2, 0) is 4.79 Å². The van der Waals surface area contributed by atoms with Crippen LogP contribution in [0.5, 0.6) is 0 Å². The second kappa shape index (κ2) is 5.03. The SMILES string of the molecule is CC(=O)N1CCC(Nc2ccc(N)cn2)CC1. The smallest absolute Gasteiger partial charge is 0.219 e. The van der Waals surface area contributed by atoms with Crippen LogP contribution in [0.2, 0.25) is 0 Å². The van der Waals surface area contributed by atoms with Crippen molar-refractivity contribution < 1.29 is 4.79 Å². The molecule has 0 aromatic carbocycles. The summed E-state index contributed by atoms with van der Waals surface area (Å²) in [6.07, 6.45) is 3.57. The van der Waals surface area contributed by atoms with Gasteiger partial charge in [0.25, 0.3) is 0 Å². The summed E-state index contributed by atoms with van der Waals surface area (Å²) in [4.78, 5) is 17.3. The molecule has 0 aliphatic carbocycles. The number of piperidine rings is 1. The number of nitrogens with one attached hydrogen (secondary N) is 1. The Morgan fingerprint density at radius 3 is 2.71 bits per heavy atom. The maximum absolute atomic E-state index is 11.2. The van der Waals surface area contributed by atoms with Crippen LogP contribution in [0.25, 0.3) is 0 Å². The summed E-state index contributed by atoms with van der Waals surface area (Å²) in [6, 6.07) is 4.11. The Labute approximate surface area is 101 Å². The number of amides is 1. The number of hydrogen-bond acceptors (Lipinski definition) is 4. The third kappa shape index (κ3) is 3.09. The minimum absolute atomic E-state index is 0.161. The summed E-state index contributed by atoms with van der Waals surface area (Å²) in [5, 5.41) is 3.36. The van der Waals surface area contributed by atoms with Gasteiger partial charge in [0, 0.05) is 26.1 Å². The molecule has 1 aromatic rings. The first-order valence-electron chi connectivity index (χ1n) is 5.89. The van der Waals surface area contributed by atoms with Gasteiger partial charge in [0.15, 0.2) is 0 Å². The number of nitrogens with two attached hydrogens (primary N) is 1. The van der Waals surface area contributed by atoms with Gasteiger partial charge in [-0.05, 0) is 25.0 Å². The van der Waals surface area contributed by atoms with Crippen LogP contribution in [0, 0.1) is 0 Å². The minimum atomic E-state index is 0.161. The molecule has 0 unspecified atom stereocenters. The van der Waals surface area contributed by atoms with Crippen molar-refractivity contribution in [1.82, 2.24) is 9.88 Å². The minimum Gasteiger partial charge on any atom is -0.397 e. The molecule has 5 heteroatoms. The Morgan fingerprint density at radius 1 is 1.47 bits per heavy atom. The Balaban J connectivity index is 1.85. The zero-order valence-electron chi connectivity index (χ0n) is 10.0. The van der Waals surface area contributed by atoms with E-state index in [0.29, 0.717) is 11.7 Å². The second-order valence-corrected chi connectivity index (χ2v) is 4.40. The fourth-order valence-electron chi connectivity index (χ4n) is 2.04. The predicted octanol–water partition coefficient (Wildman–Crippen LogP) is 1.09.